The Morgan fingerprint density at radius 2 is 1.74 bits per heavy atom. The molecule has 0 aliphatic rings. The van der Waals surface area contributed by atoms with Gasteiger partial charge in [-0.1, -0.05) is 12.1 Å². The van der Waals surface area contributed by atoms with Gasteiger partial charge in [0.15, 0.2) is 7.85 Å². The Kier molecular flexibility index (Phi) is 4.28. The molecule has 1 heterocycles. The van der Waals surface area contributed by atoms with Crippen molar-refractivity contribution in [3.05, 3.63) is 42.0 Å². The minimum Gasteiger partial charge on any atom is -0.497 e. The van der Waals surface area contributed by atoms with Crippen LogP contribution in [0, 0.1) is 0 Å². The molecule has 1 aromatic heterocycles. The van der Waals surface area contributed by atoms with Crippen molar-refractivity contribution in [2.75, 3.05) is 14.2 Å². The van der Waals surface area contributed by atoms with Gasteiger partial charge in [0.25, 0.3) is 0 Å². The van der Waals surface area contributed by atoms with Gasteiger partial charge in [-0.05, 0) is 23.3 Å². The summed E-state index contributed by atoms with van der Waals surface area (Å²) in [5.41, 5.74) is 1.90. The molecule has 2 rings (SSSR count). The third-order valence-corrected chi connectivity index (χ3v) is 2.66. The molecular weight excluding hydrogens is 241 g/mol. The molecule has 19 heavy (non-hydrogen) atoms. The highest BCUT2D eigenvalue weighted by Gasteiger charge is 2.03. The van der Waals surface area contributed by atoms with Crippen LogP contribution < -0.4 is 19.8 Å². The highest BCUT2D eigenvalue weighted by molar-refractivity contribution is 6.30. The van der Waals surface area contributed by atoms with Crippen LogP contribution in [0.25, 0.3) is 0 Å². The smallest absolute Gasteiger partial charge is 0.212 e. The first-order valence-corrected chi connectivity index (χ1v) is 5.99. The lowest BCUT2D eigenvalue weighted by molar-refractivity contribution is 0.292. The molecule has 5 heteroatoms. The third kappa shape index (κ3) is 3.65. The van der Waals surface area contributed by atoms with Crippen molar-refractivity contribution in [2.45, 2.75) is 6.61 Å². The quantitative estimate of drug-likeness (QED) is 0.747. The standard InChI is InChI=1S/C14H16BNO3/c1-17-11-6-10(7-12(8-11)18-2)9-19-14-5-3-4-13(15)16-14/h3-8H,9,15H2,1-2H3. The molecule has 0 aliphatic carbocycles. The fraction of sp³-hybridized carbons (Fsp3) is 0.214. The predicted octanol–water partition coefficient (Wildman–Crippen LogP) is 0.936. The minimum atomic E-state index is 0.421. The number of benzene rings is 1. The van der Waals surface area contributed by atoms with Gasteiger partial charge in [0, 0.05) is 12.1 Å². The Bertz CT molecular complexity index is 538. The highest BCUT2D eigenvalue weighted by atomic mass is 16.5. The zero-order chi connectivity index (χ0) is 13.7. The van der Waals surface area contributed by atoms with E-state index in [1.54, 1.807) is 14.2 Å². The molecule has 0 N–H and O–H groups in total. The van der Waals surface area contributed by atoms with Gasteiger partial charge in [0.2, 0.25) is 5.88 Å². The number of rotatable bonds is 5. The molecule has 4 nitrogen and oxygen atoms in total. The highest BCUT2D eigenvalue weighted by Crippen LogP contribution is 2.23. The number of methoxy groups -OCH3 is 2. The number of ether oxygens (including phenoxy) is 3. The average molecular weight is 257 g/mol. The maximum absolute atomic E-state index is 5.65. The molecule has 0 amide bonds. The van der Waals surface area contributed by atoms with Crippen molar-refractivity contribution >= 4 is 13.4 Å². The second-order valence-corrected chi connectivity index (χ2v) is 4.13. The average Bonchev–Trinajstić information content (AvgIpc) is 2.44. The van der Waals surface area contributed by atoms with Crippen molar-refractivity contribution in [2.24, 2.45) is 0 Å². The van der Waals surface area contributed by atoms with Crippen LogP contribution in [0.1, 0.15) is 5.56 Å². The number of nitrogens with zero attached hydrogens (tertiary/aromatic N) is 1. The van der Waals surface area contributed by atoms with Crippen molar-refractivity contribution < 1.29 is 14.2 Å². The van der Waals surface area contributed by atoms with Gasteiger partial charge in [-0.3, -0.25) is 0 Å². The van der Waals surface area contributed by atoms with Crippen LogP contribution in [0.2, 0.25) is 0 Å². The van der Waals surface area contributed by atoms with E-state index in [0.717, 1.165) is 22.7 Å². The van der Waals surface area contributed by atoms with Crippen LogP contribution in [-0.2, 0) is 6.61 Å². The van der Waals surface area contributed by atoms with Crippen LogP contribution in [0.15, 0.2) is 36.4 Å². The van der Waals surface area contributed by atoms with Crippen molar-refractivity contribution in [3.63, 3.8) is 0 Å². The Morgan fingerprint density at radius 1 is 1.05 bits per heavy atom. The van der Waals surface area contributed by atoms with Crippen LogP contribution in [0.3, 0.4) is 0 Å². The molecule has 0 aliphatic heterocycles. The van der Waals surface area contributed by atoms with Gasteiger partial charge in [0.1, 0.15) is 18.1 Å². The fourth-order valence-corrected chi connectivity index (χ4v) is 1.71. The second-order valence-electron chi connectivity index (χ2n) is 4.13. The molecular formula is C14H16BNO3. The summed E-state index contributed by atoms with van der Waals surface area (Å²) in [6.45, 7) is 0.421. The lowest BCUT2D eigenvalue weighted by Crippen LogP contribution is -2.09. The molecule has 0 fully saturated rings. The van der Waals surface area contributed by atoms with E-state index in [0.29, 0.717) is 12.5 Å². The first kappa shape index (κ1) is 13.3. The van der Waals surface area contributed by atoms with E-state index >= 15 is 0 Å². The zero-order valence-corrected chi connectivity index (χ0v) is 11.3. The number of aromatic nitrogens is 1. The number of pyridine rings is 1. The molecule has 0 bridgehead atoms. The van der Waals surface area contributed by atoms with E-state index in [4.69, 9.17) is 14.2 Å². The van der Waals surface area contributed by atoms with Gasteiger partial charge < -0.3 is 14.2 Å². The molecule has 0 radical (unpaired) electrons. The van der Waals surface area contributed by atoms with Crippen molar-refractivity contribution in [3.8, 4) is 17.4 Å². The molecule has 98 valence electrons. The Morgan fingerprint density at radius 3 is 2.32 bits per heavy atom. The number of hydrogen-bond acceptors (Lipinski definition) is 4. The largest absolute Gasteiger partial charge is 0.497 e. The predicted molar refractivity (Wildman–Crippen MR) is 76.3 cm³/mol. The van der Waals surface area contributed by atoms with E-state index in [9.17, 15) is 0 Å². The minimum absolute atomic E-state index is 0.421. The Hall–Kier alpha value is -2.17. The normalized spacial score (nSPS) is 10.0. The summed E-state index contributed by atoms with van der Waals surface area (Å²) in [5, 5.41) is 0. The molecule has 0 spiro atoms. The molecule has 0 atom stereocenters. The number of hydrogen-bond donors (Lipinski definition) is 0. The fourth-order valence-electron chi connectivity index (χ4n) is 1.71. The zero-order valence-electron chi connectivity index (χ0n) is 11.3. The first-order valence-electron chi connectivity index (χ1n) is 5.99. The monoisotopic (exact) mass is 257 g/mol. The summed E-state index contributed by atoms with van der Waals surface area (Å²) in [6.07, 6.45) is 0. The van der Waals surface area contributed by atoms with Crippen molar-refractivity contribution in [1.82, 2.24) is 4.98 Å². The molecule has 0 saturated carbocycles. The Balaban J connectivity index is 2.10. The molecule has 0 saturated heterocycles. The van der Waals surface area contributed by atoms with Gasteiger partial charge in [-0.15, -0.1) is 0 Å². The third-order valence-electron chi connectivity index (χ3n) is 2.66. The first-order chi connectivity index (χ1) is 9.21. The van der Waals surface area contributed by atoms with Crippen LogP contribution in [0.5, 0.6) is 17.4 Å². The van der Waals surface area contributed by atoms with E-state index in [1.165, 1.54) is 0 Å². The van der Waals surface area contributed by atoms with Gasteiger partial charge >= 0.3 is 0 Å². The summed E-state index contributed by atoms with van der Waals surface area (Å²) in [5.74, 6) is 2.10. The summed E-state index contributed by atoms with van der Waals surface area (Å²) in [7, 11) is 5.18. The second kappa shape index (κ2) is 6.13. The molecule has 1 aromatic carbocycles. The topological polar surface area (TPSA) is 40.6 Å². The van der Waals surface area contributed by atoms with Gasteiger partial charge in [-0.25, -0.2) is 4.98 Å². The maximum atomic E-state index is 5.65. The lowest BCUT2D eigenvalue weighted by atomic mass is 10.0. The van der Waals surface area contributed by atoms with E-state index in [1.807, 2.05) is 44.2 Å². The maximum Gasteiger partial charge on any atom is 0.212 e. The van der Waals surface area contributed by atoms with Crippen LogP contribution in [-0.4, -0.2) is 27.0 Å². The van der Waals surface area contributed by atoms with E-state index < -0.39 is 0 Å². The summed E-state index contributed by atoms with van der Waals surface area (Å²) in [6, 6.07) is 11.3. The lowest BCUT2D eigenvalue weighted by Gasteiger charge is -2.09. The summed E-state index contributed by atoms with van der Waals surface area (Å²) < 4.78 is 16.1. The summed E-state index contributed by atoms with van der Waals surface area (Å²) in [4.78, 5) is 4.29. The van der Waals surface area contributed by atoms with Crippen LogP contribution in [0.4, 0.5) is 0 Å². The van der Waals surface area contributed by atoms with Crippen LogP contribution >= 0.6 is 0 Å². The van der Waals surface area contributed by atoms with Crippen molar-refractivity contribution in [1.29, 1.82) is 0 Å². The molecule has 0 unspecified atom stereocenters. The van der Waals surface area contributed by atoms with E-state index in [-0.39, 0.29) is 0 Å². The SMILES string of the molecule is Bc1cccc(OCc2cc(OC)cc(OC)c2)n1. The van der Waals surface area contributed by atoms with Gasteiger partial charge in [-0.2, -0.15) is 0 Å². The Labute approximate surface area is 113 Å². The van der Waals surface area contributed by atoms with Gasteiger partial charge in [0.05, 0.1) is 14.2 Å². The molecule has 2 aromatic rings. The van der Waals surface area contributed by atoms with E-state index in [2.05, 4.69) is 4.98 Å². The summed E-state index contributed by atoms with van der Waals surface area (Å²) >= 11 is 0.